The van der Waals surface area contributed by atoms with E-state index in [1.54, 1.807) is 0 Å². The van der Waals surface area contributed by atoms with Gasteiger partial charge in [-0.15, -0.1) is 0 Å². The fourth-order valence-electron chi connectivity index (χ4n) is 2.06. The second-order valence-electron chi connectivity index (χ2n) is 4.34. The lowest BCUT2D eigenvalue weighted by molar-refractivity contribution is 0.606. The molecule has 1 atom stereocenters. The van der Waals surface area contributed by atoms with E-state index >= 15 is 0 Å². The predicted molar refractivity (Wildman–Crippen MR) is 71.0 cm³/mol. The van der Waals surface area contributed by atoms with Gasteiger partial charge < -0.3 is 4.57 Å². The average Bonchev–Trinajstić information content (AvgIpc) is 2.85. The van der Waals surface area contributed by atoms with E-state index in [0.717, 1.165) is 24.2 Å². The van der Waals surface area contributed by atoms with Crippen LogP contribution in [0.2, 0.25) is 0 Å². The van der Waals surface area contributed by atoms with Gasteiger partial charge in [0.15, 0.2) is 0 Å². The molecule has 1 aromatic carbocycles. The van der Waals surface area contributed by atoms with Crippen LogP contribution in [0.15, 0.2) is 42.7 Å². The number of nitriles is 1. The van der Waals surface area contributed by atoms with Crippen LogP contribution in [0.5, 0.6) is 0 Å². The maximum atomic E-state index is 9.32. The zero-order valence-electron chi connectivity index (χ0n) is 10.6. The van der Waals surface area contributed by atoms with Crippen LogP contribution in [-0.2, 0) is 13.0 Å². The lowest BCUT2D eigenvalue weighted by atomic mass is 10.0. The molecule has 0 fully saturated rings. The summed E-state index contributed by atoms with van der Waals surface area (Å²) in [5, 5.41) is 9.32. The van der Waals surface area contributed by atoms with Gasteiger partial charge in [0.05, 0.1) is 12.0 Å². The molecule has 0 aliphatic carbocycles. The zero-order valence-corrected chi connectivity index (χ0v) is 10.6. The van der Waals surface area contributed by atoms with Gasteiger partial charge in [-0.3, -0.25) is 0 Å². The lowest BCUT2D eigenvalue weighted by Gasteiger charge is -2.12. The van der Waals surface area contributed by atoms with Crippen LogP contribution in [0.4, 0.5) is 0 Å². The van der Waals surface area contributed by atoms with Gasteiger partial charge in [-0.2, -0.15) is 5.26 Å². The van der Waals surface area contributed by atoms with Crippen molar-refractivity contribution in [1.82, 2.24) is 9.55 Å². The van der Waals surface area contributed by atoms with Crippen LogP contribution < -0.4 is 0 Å². The Morgan fingerprint density at radius 2 is 2.11 bits per heavy atom. The van der Waals surface area contributed by atoms with Gasteiger partial charge in [-0.05, 0) is 12.0 Å². The van der Waals surface area contributed by atoms with Crippen molar-refractivity contribution < 1.29 is 0 Å². The Labute approximate surface area is 108 Å². The van der Waals surface area contributed by atoms with Crippen molar-refractivity contribution in [3.05, 3.63) is 54.1 Å². The van der Waals surface area contributed by atoms with Crippen LogP contribution in [0.1, 0.15) is 30.7 Å². The molecule has 2 rings (SSSR count). The normalized spacial score (nSPS) is 12.0. The fraction of sp³-hybridized carbons (Fsp3) is 0.333. The zero-order chi connectivity index (χ0) is 12.8. The van der Waals surface area contributed by atoms with Crippen LogP contribution in [0.25, 0.3) is 0 Å². The first-order valence-electron chi connectivity index (χ1n) is 6.29. The van der Waals surface area contributed by atoms with E-state index < -0.39 is 0 Å². The highest BCUT2D eigenvalue weighted by Crippen LogP contribution is 2.18. The number of hydrogen-bond donors (Lipinski definition) is 0. The Morgan fingerprint density at radius 1 is 1.33 bits per heavy atom. The molecule has 0 radical (unpaired) electrons. The number of aromatic nitrogens is 2. The van der Waals surface area contributed by atoms with Crippen LogP contribution in [-0.4, -0.2) is 9.55 Å². The third kappa shape index (κ3) is 2.78. The summed E-state index contributed by atoms with van der Waals surface area (Å²) in [7, 11) is 0. The Kier molecular flexibility index (Phi) is 4.14. The molecule has 0 bridgehead atoms. The van der Waals surface area contributed by atoms with Crippen molar-refractivity contribution in [3.63, 3.8) is 0 Å². The third-order valence-electron chi connectivity index (χ3n) is 3.01. The summed E-state index contributed by atoms with van der Waals surface area (Å²) in [5.41, 5.74) is 1.07. The smallest absolute Gasteiger partial charge is 0.108 e. The van der Waals surface area contributed by atoms with Gasteiger partial charge in [0.2, 0.25) is 0 Å². The number of nitrogens with zero attached hydrogens (tertiary/aromatic N) is 3. The second kappa shape index (κ2) is 6.02. The maximum Gasteiger partial charge on any atom is 0.108 e. The molecule has 0 aliphatic heterocycles. The van der Waals surface area contributed by atoms with E-state index in [0.29, 0.717) is 6.54 Å². The van der Waals surface area contributed by atoms with E-state index in [2.05, 4.69) is 22.5 Å². The molecule has 2 aromatic rings. The first-order chi connectivity index (χ1) is 8.85. The Bertz CT molecular complexity index is 522. The molecular formula is C15H17N3. The molecule has 0 aliphatic rings. The standard InChI is InChI=1S/C15H17N3/c1-2-6-15-17-9-10-18(15)12-14(11-16)13-7-4-3-5-8-13/h3-5,7-10,14H,2,6,12H2,1H3. The molecule has 0 saturated carbocycles. The molecule has 0 saturated heterocycles. The minimum atomic E-state index is -0.115. The minimum Gasteiger partial charge on any atom is -0.333 e. The summed E-state index contributed by atoms with van der Waals surface area (Å²) < 4.78 is 2.09. The monoisotopic (exact) mass is 239 g/mol. The molecular weight excluding hydrogens is 222 g/mol. The first kappa shape index (κ1) is 12.4. The summed E-state index contributed by atoms with van der Waals surface area (Å²) in [4.78, 5) is 4.34. The summed E-state index contributed by atoms with van der Waals surface area (Å²) in [6, 6.07) is 12.3. The SMILES string of the molecule is CCCc1nccn1CC(C#N)c1ccccc1. The van der Waals surface area contributed by atoms with Crippen molar-refractivity contribution >= 4 is 0 Å². The Balaban J connectivity index is 2.16. The van der Waals surface area contributed by atoms with Gasteiger partial charge in [-0.1, -0.05) is 37.3 Å². The van der Waals surface area contributed by atoms with Crippen LogP contribution >= 0.6 is 0 Å². The highest BCUT2D eigenvalue weighted by molar-refractivity contribution is 5.24. The third-order valence-corrected chi connectivity index (χ3v) is 3.01. The number of aryl methyl sites for hydroxylation is 1. The van der Waals surface area contributed by atoms with Crippen LogP contribution in [0.3, 0.4) is 0 Å². The largest absolute Gasteiger partial charge is 0.333 e. The Hall–Kier alpha value is -2.08. The van der Waals surface area contributed by atoms with Crippen molar-refractivity contribution in [2.45, 2.75) is 32.2 Å². The first-order valence-corrected chi connectivity index (χ1v) is 6.29. The minimum absolute atomic E-state index is 0.115. The van der Waals surface area contributed by atoms with Crippen molar-refractivity contribution in [1.29, 1.82) is 5.26 Å². The van der Waals surface area contributed by atoms with Crippen LogP contribution in [0, 0.1) is 11.3 Å². The molecule has 3 heteroatoms. The number of rotatable bonds is 5. The second-order valence-corrected chi connectivity index (χ2v) is 4.34. The maximum absolute atomic E-state index is 9.32. The Morgan fingerprint density at radius 3 is 2.78 bits per heavy atom. The molecule has 1 unspecified atom stereocenters. The summed E-state index contributed by atoms with van der Waals surface area (Å²) in [6.07, 6.45) is 5.79. The molecule has 0 N–H and O–H groups in total. The van der Waals surface area contributed by atoms with Gasteiger partial charge in [0.1, 0.15) is 5.82 Å². The molecule has 3 nitrogen and oxygen atoms in total. The lowest BCUT2D eigenvalue weighted by Crippen LogP contribution is -2.10. The summed E-state index contributed by atoms with van der Waals surface area (Å²) in [5.74, 6) is 0.949. The average molecular weight is 239 g/mol. The fourth-order valence-corrected chi connectivity index (χ4v) is 2.06. The highest BCUT2D eigenvalue weighted by atomic mass is 15.1. The van der Waals surface area contributed by atoms with Gasteiger partial charge in [0.25, 0.3) is 0 Å². The number of benzene rings is 1. The highest BCUT2D eigenvalue weighted by Gasteiger charge is 2.12. The van der Waals surface area contributed by atoms with Crippen molar-refractivity contribution in [3.8, 4) is 6.07 Å². The molecule has 92 valence electrons. The summed E-state index contributed by atoms with van der Waals surface area (Å²) in [6.45, 7) is 2.81. The van der Waals surface area contributed by atoms with E-state index in [4.69, 9.17) is 0 Å². The quantitative estimate of drug-likeness (QED) is 0.804. The molecule has 0 amide bonds. The van der Waals surface area contributed by atoms with E-state index in [-0.39, 0.29) is 5.92 Å². The number of hydrogen-bond acceptors (Lipinski definition) is 2. The van der Waals surface area contributed by atoms with Gasteiger partial charge in [-0.25, -0.2) is 4.98 Å². The molecule has 0 spiro atoms. The molecule has 1 aromatic heterocycles. The molecule has 18 heavy (non-hydrogen) atoms. The topological polar surface area (TPSA) is 41.6 Å². The van der Waals surface area contributed by atoms with E-state index in [9.17, 15) is 5.26 Å². The van der Waals surface area contributed by atoms with Crippen molar-refractivity contribution in [2.24, 2.45) is 0 Å². The van der Waals surface area contributed by atoms with Crippen molar-refractivity contribution in [2.75, 3.05) is 0 Å². The summed E-state index contributed by atoms with van der Waals surface area (Å²) >= 11 is 0. The predicted octanol–water partition coefficient (Wildman–Crippen LogP) is 3.14. The van der Waals surface area contributed by atoms with E-state index in [1.165, 1.54) is 0 Å². The van der Waals surface area contributed by atoms with Gasteiger partial charge in [0, 0.05) is 25.4 Å². The van der Waals surface area contributed by atoms with Gasteiger partial charge >= 0.3 is 0 Å². The number of imidazole rings is 1. The molecule has 1 heterocycles. The van der Waals surface area contributed by atoms with E-state index in [1.807, 2.05) is 42.7 Å².